The summed E-state index contributed by atoms with van der Waals surface area (Å²) in [7, 11) is 0. The van der Waals surface area contributed by atoms with E-state index >= 15 is 0 Å². The van der Waals surface area contributed by atoms with E-state index in [1.165, 1.54) is 32.1 Å². The number of rotatable bonds is 14. The van der Waals surface area contributed by atoms with E-state index in [4.69, 9.17) is 5.11 Å². The van der Waals surface area contributed by atoms with E-state index in [-0.39, 0.29) is 0 Å². The Bertz CT molecular complexity index is 314. The molecule has 0 aromatic carbocycles. The van der Waals surface area contributed by atoms with E-state index in [0.29, 0.717) is 6.42 Å². The van der Waals surface area contributed by atoms with Gasteiger partial charge in [-0.05, 0) is 44.9 Å². The van der Waals surface area contributed by atoms with Crippen molar-refractivity contribution < 1.29 is 9.90 Å². The normalized spacial score (nSPS) is 12.0. The maximum Gasteiger partial charge on any atom is 0.303 e. The van der Waals surface area contributed by atoms with Crippen molar-refractivity contribution in [3.05, 3.63) is 36.5 Å². The molecule has 0 aromatic heterocycles. The molecule has 0 unspecified atom stereocenters. The van der Waals surface area contributed by atoms with Crippen LogP contribution in [0.5, 0.6) is 0 Å². The lowest BCUT2D eigenvalue weighted by Crippen LogP contribution is -1.92. The summed E-state index contributed by atoms with van der Waals surface area (Å²) in [6, 6.07) is 0. The van der Waals surface area contributed by atoms with E-state index in [2.05, 4.69) is 43.4 Å². The van der Waals surface area contributed by atoms with Gasteiger partial charge in [0.1, 0.15) is 0 Å². The maximum atomic E-state index is 10.3. The second kappa shape index (κ2) is 16.7. The predicted molar refractivity (Wildman–Crippen MR) is 91.5 cm³/mol. The second-order valence-electron chi connectivity index (χ2n) is 5.37. The monoisotopic (exact) mass is 292 g/mol. The van der Waals surface area contributed by atoms with Gasteiger partial charge < -0.3 is 5.11 Å². The minimum Gasteiger partial charge on any atom is -0.481 e. The Morgan fingerprint density at radius 2 is 1.29 bits per heavy atom. The molecule has 0 heterocycles. The van der Waals surface area contributed by atoms with Gasteiger partial charge >= 0.3 is 5.97 Å². The molecular weight excluding hydrogens is 260 g/mol. The molecule has 1 N–H and O–H groups in total. The third kappa shape index (κ3) is 18.7. The summed E-state index contributed by atoms with van der Waals surface area (Å²) in [4.78, 5) is 10.3. The minimum absolute atomic E-state index is 0.290. The number of unbranched alkanes of at least 4 members (excludes halogenated alkanes) is 6. The van der Waals surface area contributed by atoms with Crippen molar-refractivity contribution in [2.24, 2.45) is 0 Å². The number of hydrogen-bond donors (Lipinski definition) is 1. The van der Waals surface area contributed by atoms with Crippen molar-refractivity contribution in [1.29, 1.82) is 0 Å². The predicted octanol–water partition coefficient (Wildman–Crippen LogP) is 6.05. The third-order valence-corrected chi connectivity index (χ3v) is 3.28. The van der Waals surface area contributed by atoms with Crippen LogP contribution in [0.2, 0.25) is 0 Å². The van der Waals surface area contributed by atoms with Gasteiger partial charge in [0.05, 0.1) is 0 Å². The van der Waals surface area contributed by atoms with Crippen LogP contribution >= 0.6 is 0 Å². The van der Waals surface area contributed by atoms with Crippen LogP contribution in [0.15, 0.2) is 36.5 Å². The highest BCUT2D eigenvalue weighted by Gasteiger charge is 1.93. The first-order chi connectivity index (χ1) is 10.3. The van der Waals surface area contributed by atoms with Crippen LogP contribution in [0, 0.1) is 0 Å². The quantitative estimate of drug-likeness (QED) is 0.312. The molecule has 0 aliphatic heterocycles. The van der Waals surface area contributed by atoms with Gasteiger partial charge in [0.2, 0.25) is 0 Å². The van der Waals surface area contributed by atoms with Crippen LogP contribution in [-0.4, -0.2) is 11.1 Å². The van der Waals surface area contributed by atoms with Crippen LogP contribution < -0.4 is 0 Å². The first-order valence-corrected chi connectivity index (χ1v) is 8.44. The molecule has 0 aromatic rings. The van der Waals surface area contributed by atoms with E-state index in [0.717, 1.165) is 32.1 Å². The van der Waals surface area contributed by atoms with E-state index in [9.17, 15) is 4.79 Å². The standard InChI is InChI=1S/C19H32O2/c1-2-3-4-5-6-7-8-9-10-11-12-13-14-15-16-17-18-19(20)21/h7-8,10-11,13-14H,2-6,9,12,15-18H2,1H3,(H,20,21)/b8-7-,11-10-,14-13-. The summed E-state index contributed by atoms with van der Waals surface area (Å²) in [5.74, 6) is -0.694. The lowest BCUT2D eigenvalue weighted by Gasteiger charge is -1.93. The number of carboxylic acids is 1. The molecule has 2 nitrogen and oxygen atoms in total. The van der Waals surface area contributed by atoms with Crippen LogP contribution in [0.4, 0.5) is 0 Å². The molecule has 0 atom stereocenters. The lowest BCUT2D eigenvalue weighted by molar-refractivity contribution is -0.137. The van der Waals surface area contributed by atoms with Crippen LogP contribution in [-0.2, 0) is 4.79 Å². The number of aliphatic carboxylic acids is 1. The first kappa shape index (κ1) is 19.7. The molecule has 0 amide bonds. The molecule has 0 aliphatic rings. The zero-order valence-electron chi connectivity index (χ0n) is 13.6. The van der Waals surface area contributed by atoms with Crippen molar-refractivity contribution in [2.45, 2.75) is 77.6 Å². The summed E-state index contributed by atoms with van der Waals surface area (Å²) in [5.41, 5.74) is 0. The zero-order chi connectivity index (χ0) is 15.6. The van der Waals surface area contributed by atoms with Gasteiger partial charge in [0.25, 0.3) is 0 Å². The molecule has 2 heteroatoms. The number of carboxylic acid groups (broad SMARTS) is 1. The fourth-order valence-corrected chi connectivity index (χ4v) is 2.01. The topological polar surface area (TPSA) is 37.3 Å². The maximum absolute atomic E-state index is 10.3. The Morgan fingerprint density at radius 3 is 1.81 bits per heavy atom. The zero-order valence-corrected chi connectivity index (χ0v) is 13.6. The van der Waals surface area contributed by atoms with Gasteiger partial charge in [0, 0.05) is 6.42 Å². The highest BCUT2D eigenvalue weighted by atomic mass is 16.4. The summed E-state index contributed by atoms with van der Waals surface area (Å²) in [5, 5.41) is 8.50. The van der Waals surface area contributed by atoms with E-state index in [1.54, 1.807) is 0 Å². The van der Waals surface area contributed by atoms with Gasteiger partial charge in [-0.15, -0.1) is 0 Å². The van der Waals surface area contributed by atoms with Gasteiger partial charge in [0.15, 0.2) is 0 Å². The Kier molecular flexibility index (Phi) is 15.7. The van der Waals surface area contributed by atoms with Crippen LogP contribution in [0.1, 0.15) is 77.6 Å². The Hall–Kier alpha value is -1.31. The number of hydrogen-bond acceptors (Lipinski definition) is 1. The van der Waals surface area contributed by atoms with Crippen LogP contribution in [0.25, 0.3) is 0 Å². The average molecular weight is 292 g/mol. The van der Waals surface area contributed by atoms with Gasteiger partial charge in [-0.3, -0.25) is 4.79 Å². The smallest absolute Gasteiger partial charge is 0.303 e. The molecule has 0 saturated carbocycles. The summed E-state index contributed by atoms with van der Waals surface area (Å²) in [6.45, 7) is 2.24. The van der Waals surface area contributed by atoms with Gasteiger partial charge in [-0.1, -0.05) is 62.6 Å². The molecule has 0 rings (SSSR count). The highest BCUT2D eigenvalue weighted by Crippen LogP contribution is 2.04. The van der Waals surface area contributed by atoms with E-state index in [1.807, 2.05) is 0 Å². The molecule has 0 bridgehead atoms. The van der Waals surface area contributed by atoms with Crippen molar-refractivity contribution in [3.63, 3.8) is 0 Å². The van der Waals surface area contributed by atoms with Gasteiger partial charge in [-0.25, -0.2) is 0 Å². The number of allylic oxidation sites excluding steroid dienone is 6. The SMILES string of the molecule is CCCCCC/C=C\C/C=C\C/C=C\CCCCC(=O)O. The molecule has 0 saturated heterocycles. The molecule has 0 aliphatic carbocycles. The molecular formula is C19H32O2. The summed E-state index contributed by atoms with van der Waals surface area (Å²) < 4.78 is 0. The Balaban J connectivity index is 3.31. The van der Waals surface area contributed by atoms with Crippen molar-refractivity contribution in [1.82, 2.24) is 0 Å². The van der Waals surface area contributed by atoms with Crippen LogP contribution in [0.3, 0.4) is 0 Å². The van der Waals surface area contributed by atoms with Gasteiger partial charge in [-0.2, -0.15) is 0 Å². The van der Waals surface area contributed by atoms with Crippen molar-refractivity contribution in [3.8, 4) is 0 Å². The summed E-state index contributed by atoms with van der Waals surface area (Å²) in [6.07, 6.45) is 24.8. The number of carbonyl (C=O) groups is 1. The Labute approximate surface area is 130 Å². The van der Waals surface area contributed by atoms with E-state index < -0.39 is 5.97 Å². The Morgan fingerprint density at radius 1 is 0.762 bits per heavy atom. The fourth-order valence-electron chi connectivity index (χ4n) is 2.01. The molecule has 0 fully saturated rings. The molecule has 0 spiro atoms. The average Bonchev–Trinajstić information content (AvgIpc) is 2.46. The first-order valence-electron chi connectivity index (χ1n) is 8.44. The summed E-state index contributed by atoms with van der Waals surface area (Å²) >= 11 is 0. The molecule has 21 heavy (non-hydrogen) atoms. The molecule has 0 radical (unpaired) electrons. The van der Waals surface area contributed by atoms with Crippen molar-refractivity contribution in [2.75, 3.05) is 0 Å². The largest absolute Gasteiger partial charge is 0.481 e. The fraction of sp³-hybridized carbons (Fsp3) is 0.632. The second-order valence-corrected chi connectivity index (χ2v) is 5.37. The lowest BCUT2D eigenvalue weighted by atomic mass is 10.1. The van der Waals surface area contributed by atoms with Crippen molar-refractivity contribution >= 4 is 5.97 Å². The minimum atomic E-state index is -0.694. The molecule has 120 valence electrons. The third-order valence-electron chi connectivity index (χ3n) is 3.28. The highest BCUT2D eigenvalue weighted by molar-refractivity contribution is 5.66.